The number of aliphatic hydroxyl groups excluding tert-OH is 1. The highest BCUT2D eigenvalue weighted by molar-refractivity contribution is 7.09. The van der Waals surface area contributed by atoms with E-state index in [1.807, 2.05) is 24.7 Å². The minimum Gasteiger partial charge on any atom is -0.393 e. The lowest BCUT2D eigenvalue weighted by Gasteiger charge is -2.10. The maximum absolute atomic E-state index is 10.0. The topological polar surface area (TPSA) is 38.0 Å². The van der Waals surface area contributed by atoms with Gasteiger partial charge in [0.15, 0.2) is 0 Å². The van der Waals surface area contributed by atoms with Crippen molar-refractivity contribution in [1.29, 1.82) is 0 Å². The van der Waals surface area contributed by atoms with E-state index in [0.717, 1.165) is 30.7 Å². The van der Waals surface area contributed by atoms with Crippen molar-refractivity contribution < 1.29 is 5.11 Å². The molecule has 0 aliphatic carbocycles. The van der Waals surface area contributed by atoms with Gasteiger partial charge in [-0.3, -0.25) is 4.68 Å². The summed E-state index contributed by atoms with van der Waals surface area (Å²) in [6.07, 6.45) is 3.39. The molecular weight excluding hydrogens is 244 g/mol. The van der Waals surface area contributed by atoms with Crippen LogP contribution in [-0.4, -0.2) is 21.0 Å². The van der Waals surface area contributed by atoms with Gasteiger partial charge >= 0.3 is 0 Å². The van der Waals surface area contributed by atoms with Crippen molar-refractivity contribution in [3.05, 3.63) is 39.8 Å². The van der Waals surface area contributed by atoms with E-state index in [1.165, 1.54) is 4.88 Å². The number of aryl methyl sites for hydroxylation is 3. The van der Waals surface area contributed by atoms with E-state index in [9.17, 15) is 5.11 Å². The minimum absolute atomic E-state index is 0.264. The summed E-state index contributed by atoms with van der Waals surface area (Å²) in [5.74, 6) is 0. The second-order valence-electron chi connectivity index (χ2n) is 4.73. The highest BCUT2D eigenvalue weighted by Crippen LogP contribution is 2.14. The average Bonchev–Trinajstić information content (AvgIpc) is 2.90. The molecule has 4 heteroatoms. The maximum Gasteiger partial charge on any atom is 0.0596 e. The predicted octanol–water partition coefficient (Wildman–Crippen LogP) is 2.72. The Morgan fingerprint density at radius 2 is 2.33 bits per heavy atom. The second-order valence-corrected chi connectivity index (χ2v) is 5.76. The first-order valence-corrected chi connectivity index (χ1v) is 7.23. The molecule has 18 heavy (non-hydrogen) atoms. The third-order valence-corrected chi connectivity index (χ3v) is 4.02. The Labute approximate surface area is 112 Å². The molecule has 0 spiro atoms. The molecule has 3 nitrogen and oxygen atoms in total. The van der Waals surface area contributed by atoms with Crippen molar-refractivity contribution >= 4 is 11.3 Å². The highest BCUT2D eigenvalue weighted by atomic mass is 32.1. The lowest BCUT2D eigenvalue weighted by molar-refractivity contribution is 0.160. The largest absolute Gasteiger partial charge is 0.393 e. The Hall–Kier alpha value is -1.13. The van der Waals surface area contributed by atoms with Gasteiger partial charge in [-0.25, -0.2) is 0 Å². The van der Waals surface area contributed by atoms with E-state index in [0.29, 0.717) is 6.42 Å². The van der Waals surface area contributed by atoms with Gasteiger partial charge in [0, 0.05) is 24.0 Å². The van der Waals surface area contributed by atoms with Crippen molar-refractivity contribution in [2.24, 2.45) is 7.05 Å². The van der Waals surface area contributed by atoms with Crippen molar-refractivity contribution in [3.63, 3.8) is 0 Å². The summed E-state index contributed by atoms with van der Waals surface area (Å²) in [5.41, 5.74) is 2.12. The van der Waals surface area contributed by atoms with Crippen molar-refractivity contribution in [2.45, 2.75) is 38.7 Å². The van der Waals surface area contributed by atoms with Crippen LogP contribution in [0.3, 0.4) is 0 Å². The molecule has 2 rings (SSSR count). The number of nitrogens with zero attached hydrogens (tertiary/aromatic N) is 2. The van der Waals surface area contributed by atoms with E-state index in [4.69, 9.17) is 0 Å². The van der Waals surface area contributed by atoms with Crippen molar-refractivity contribution in [1.82, 2.24) is 9.78 Å². The number of aromatic nitrogens is 2. The van der Waals surface area contributed by atoms with Crippen LogP contribution in [0.4, 0.5) is 0 Å². The van der Waals surface area contributed by atoms with Gasteiger partial charge in [-0.15, -0.1) is 11.3 Å². The predicted molar refractivity (Wildman–Crippen MR) is 74.9 cm³/mol. The molecular formula is C14H20N2OS. The van der Waals surface area contributed by atoms with Gasteiger partial charge in [0.2, 0.25) is 0 Å². The molecule has 98 valence electrons. The molecule has 0 amide bonds. The third-order valence-electron chi connectivity index (χ3n) is 3.08. The summed E-state index contributed by atoms with van der Waals surface area (Å²) in [7, 11) is 1.93. The number of thiophene rings is 1. The van der Waals surface area contributed by atoms with Crippen LogP contribution in [0.25, 0.3) is 0 Å². The van der Waals surface area contributed by atoms with Gasteiger partial charge in [-0.1, -0.05) is 6.07 Å². The van der Waals surface area contributed by atoms with Crippen LogP contribution >= 0.6 is 11.3 Å². The monoisotopic (exact) mass is 264 g/mol. The summed E-state index contributed by atoms with van der Waals surface area (Å²) in [4.78, 5) is 1.40. The minimum atomic E-state index is -0.264. The quantitative estimate of drug-likeness (QED) is 0.871. The Morgan fingerprint density at radius 1 is 1.50 bits per heavy atom. The molecule has 0 aromatic carbocycles. The van der Waals surface area contributed by atoms with E-state index in [2.05, 4.69) is 22.6 Å². The van der Waals surface area contributed by atoms with Crippen LogP contribution in [-0.2, 0) is 19.9 Å². The van der Waals surface area contributed by atoms with E-state index in [-0.39, 0.29) is 6.10 Å². The second kappa shape index (κ2) is 6.16. The molecule has 1 unspecified atom stereocenters. The standard InChI is InChI=1S/C14H20N2OS/c1-11-9-12(16(2)15-11)10-13(17)5-3-6-14-7-4-8-18-14/h4,7-9,13,17H,3,5-6,10H2,1-2H3. The molecule has 0 aliphatic rings. The lowest BCUT2D eigenvalue weighted by atomic mass is 10.1. The van der Waals surface area contributed by atoms with Crippen LogP contribution in [0, 0.1) is 6.92 Å². The van der Waals surface area contributed by atoms with Crippen molar-refractivity contribution in [3.8, 4) is 0 Å². The molecule has 1 N–H and O–H groups in total. The molecule has 0 bridgehead atoms. The zero-order valence-electron chi connectivity index (χ0n) is 11.0. The molecule has 0 aliphatic heterocycles. The lowest BCUT2D eigenvalue weighted by Crippen LogP contribution is -2.13. The summed E-state index contributed by atoms with van der Waals surface area (Å²) < 4.78 is 1.86. The molecule has 0 fully saturated rings. The van der Waals surface area contributed by atoms with Gasteiger partial charge in [-0.2, -0.15) is 5.10 Å². The first kappa shape index (κ1) is 13.3. The van der Waals surface area contributed by atoms with Crippen LogP contribution < -0.4 is 0 Å². The van der Waals surface area contributed by atoms with Gasteiger partial charge in [0.1, 0.15) is 0 Å². The number of hydrogen-bond acceptors (Lipinski definition) is 3. The molecule has 2 heterocycles. The number of aliphatic hydroxyl groups is 1. The molecule has 0 radical (unpaired) electrons. The summed E-state index contributed by atoms with van der Waals surface area (Å²) in [6.45, 7) is 1.98. The Morgan fingerprint density at radius 3 is 2.94 bits per heavy atom. The first-order valence-electron chi connectivity index (χ1n) is 6.35. The summed E-state index contributed by atoms with van der Waals surface area (Å²) in [5, 5.41) is 16.4. The fourth-order valence-corrected chi connectivity index (χ4v) is 2.92. The van der Waals surface area contributed by atoms with Gasteiger partial charge in [-0.05, 0) is 43.7 Å². The number of hydrogen-bond donors (Lipinski definition) is 1. The zero-order valence-corrected chi connectivity index (χ0v) is 11.8. The Kier molecular flexibility index (Phi) is 4.55. The molecule has 2 aromatic rings. The zero-order chi connectivity index (χ0) is 13.0. The third kappa shape index (κ3) is 3.68. The highest BCUT2D eigenvalue weighted by Gasteiger charge is 2.09. The van der Waals surface area contributed by atoms with Crippen LogP contribution in [0.5, 0.6) is 0 Å². The fourth-order valence-electron chi connectivity index (χ4n) is 2.17. The van der Waals surface area contributed by atoms with Crippen LogP contribution in [0.1, 0.15) is 29.1 Å². The molecule has 0 saturated heterocycles. The Bertz CT molecular complexity index is 476. The van der Waals surface area contributed by atoms with Crippen LogP contribution in [0.2, 0.25) is 0 Å². The van der Waals surface area contributed by atoms with Gasteiger partial charge in [0.05, 0.1) is 11.8 Å². The SMILES string of the molecule is Cc1cc(CC(O)CCCc2cccs2)n(C)n1. The van der Waals surface area contributed by atoms with Gasteiger partial charge < -0.3 is 5.11 Å². The van der Waals surface area contributed by atoms with E-state index < -0.39 is 0 Å². The van der Waals surface area contributed by atoms with E-state index in [1.54, 1.807) is 11.3 Å². The summed E-state index contributed by atoms with van der Waals surface area (Å²) in [6, 6.07) is 6.28. The summed E-state index contributed by atoms with van der Waals surface area (Å²) >= 11 is 1.79. The maximum atomic E-state index is 10.0. The van der Waals surface area contributed by atoms with Crippen molar-refractivity contribution in [2.75, 3.05) is 0 Å². The normalized spacial score (nSPS) is 12.8. The number of rotatable bonds is 6. The molecule has 0 saturated carbocycles. The van der Waals surface area contributed by atoms with E-state index >= 15 is 0 Å². The Balaban J connectivity index is 1.75. The first-order chi connectivity index (χ1) is 8.65. The molecule has 2 aromatic heterocycles. The molecule has 1 atom stereocenters. The average molecular weight is 264 g/mol. The smallest absolute Gasteiger partial charge is 0.0596 e. The van der Waals surface area contributed by atoms with Gasteiger partial charge in [0.25, 0.3) is 0 Å². The fraction of sp³-hybridized carbons (Fsp3) is 0.500. The van der Waals surface area contributed by atoms with Crippen LogP contribution in [0.15, 0.2) is 23.6 Å².